The first-order chi connectivity index (χ1) is 6.00. The van der Waals surface area contributed by atoms with Crippen LogP contribution in [0.5, 0.6) is 5.75 Å². The van der Waals surface area contributed by atoms with Crippen LogP contribution in [0, 0.1) is 0 Å². The number of rotatable bonds is 2. The lowest BCUT2D eigenvalue weighted by atomic mass is 10.3. The van der Waals surface area contributed by atoms with Crippen LogP contribution in [0.4, 0.5) is 0 Å². The van der Waals surface area contributed by atoms with Gasteiger partial charge in [-0.2, -0.15) is 0 Å². The van der Waals surface area contributed by atoms with Crippen molar-refractivity contribution in [3.63, 3.8) is 0 Å². The Labute approximate surface area is 91.0 Å². The minimum Gasteiger partial charge on any atom is -0.462 e. The lowest BCUT2D eigenvalue weighted by Gasteiger charge is -2.11. The standard InChI is InChI=1S/C8H7Cl3O2/c1-4(12)13-8-6(10)2-5(9)3-7(8)11/h2-4,12H,1H3. The molecule has 0 amide bonds. The van der Waals surface area contributed by atoms with Crippen molar-refractivity contribution in [3.8, 4) is 5.75 Å². The first-order valence-corrected chi connectivity index (χ1v) is 4.63. The van der Waals surface area contributed by atoms with E-state index >= 15 is 0 Å². The molecule has 0 saturated carbocycles. The number of aliphatic hydroxyl groups excluding tert-OH is 1. The number of hydrogen-bond donors (Lipinski definition) is 1. The van der Waals surface area contributed by atoms with Gasteiger partial charge in [0.05, 0.1) is 10.0 Å². The van der Waals surface area contributed by atoms with Gasteiger partial charge in [0.15, 0.2) is 12.0 Å². The Morgan fingerprint density at radius 1 is 1.23 bits per heavy atom. The van der Waals surface area contributed by atoms with Crippen molar-refractivity contribution in [2.24, 2.45) is 0 Å². The van der Waals surface area contributed by atoms with Crippen molar-refractivity contribution >= 4 is 34.8 Å². The van der Waals surface area contributed by atoms with Crippen LogP contribution in [-0.4, -0.2) is 11.4 Å². The topological polar surface area (TPSA) is 29.5 Å². The van der Waals surface area contributed by atoms with E-state index in [0.29, 0.717) is 5.02 Å². The van der Waals surface area contributed by atoms with Crippen LogP contribution in [-0.2, 0) is 0 Å². The average molecular weight is 242 g/mol. The third-order valence-electron chi connectivity index (χ3n) is 1.25. The Bertz CT molecular complexity index is 289. The fourth-order valence-corrected chi connectivity index (χ4v) is 1.72. The molecule has 0 radical (unpaired) electrons. The average Bonchev–Trinajstić information content (AvgIpc) is 1.96. The van der Waals surface area contributed by atoms with Crippen molar-refractivity contribution in [2.75, 3.05) is 0 Å². The van der Waals surface area contributed by atoms with E-state index in [1.54, 1.807) is 0 Å². The van der Waals surface area contributed by atoms with Gasteiger partial charge in [-0.15, -0.1) is 0 Å². The van der Waals surface area contributed by atoms with Crippen LogP contribution in [0.15, 0.2) is 12.1 Å². The van der Waals surface area contributed by atoms with Crippen LogP contribution in [0.2, 0.25) is 15.1 Å². The zero-order valence-corrected chi connectivity index (χ0v) is 8.99. The molecular formula is C8H7Cl3O2. The molecule has 0 aliphatic carbocycles. The first-order valence-electron chi connectivity index (χ1n) is 3.50. The van der Waals surface area contributed by atoms with Gasteiger partial charge in [-0.05, 0) is 19.1 Å². The summed E-state index contributed by atoms with van der Waals surface area (Å²) in [6, 6.07) is 2.99. The van der Waals surface area contributed by atoms with Crippen molar-refractivity contribution in [3.05, 3.63) is 27.2 Å². The maximum absolute atomic E-state index is 8.95. The van der Waals surface area contributed by atoms with Crippen molar-refractivity contribution < 1.29 is 9.84 Å². The summed E-state index contributed by atoms with van der Waals surface area (Å²) in [7, 11) is 0. The predicted molar refractivity (Wildman–Crippen MR) is 53.8 cm³/mol. The first kappa shape index (κ1) is 10.9. The van der Waals surface area contributed by atoms with Crippen molar-refractivity contribution in [2.45, 2.75) is 13.2 Å². The number of ether oxygens (including phenoxy) is 1. The quantitative estimate of drug-likeness (QED) is 0.805. The predicted octanol–water partition coefficient (Wildman–Crippen LogP) is 3.36. The van der Waals surface area contributed by atoms with Gasteiger partial charge in [0.2, 0.25) is 0 Å². The van der Waals surface area contributed by atoms with Crippen molar-refractivity contribution in [1.29, 1.82) is 0 Å². The summed E-state index contributed by atoms with van der Waals surface area (Å²) in [5.74, 6) is 0.239. The summed E-state index contributed by atoms with van der Waals surface area (Å²) in [4.78, 5) is 0. The molecule has 5 heteroatoms. The van der Waals surface area contributed by atoms with Gasteiger partial charge in [-0.1, -0.05) is 34.8 Å². The number of hydrogen-bond acceptors (Lipinski definition) is 2. The Morgan fingerprint density at radius 3 is 2.08 bits per heavy atom. The molecule has 0 aliphatic heterocycles. The molecule has 1 unspecified atom stereocenters. The largest absolute Gasteiger partial charge is 0.462 e. The van der Waals surface area contributed by atoms with E-state index in [1.165, 1.54) is 19.1 Å². The monoisotopic (exact) mass is 240 g/mol. The third-order valence-corrected chi connectivity index (χ3v) is 2.03. The Hall–Kier alpha value is -0.150. The molecule has 2 nitrogen and oxygen atoms in total. The molecule has 0 heterocycles. The summed E-state index contributed by atoms with van der Waals surface area (Å²) >= 11 is 17.2. The molecule has 1 aromatic rings. The summed E-state index contributed by atoms with van der Waals surface area (Å²) in [5, 5.41) is 9.93. The molecule has 72 valence electrons. The highest BCUT2D eigenvalue weighted by Crippen LogP contribution is 2.36. The number of benzene rings is 1. The molecule has 1 rings (SSSR count). The molecule has 0 aromatic heterocycles. The van der Waals surface area contributed by atoms with Gasteiger partial charge in [0, 0.05) is 5.02 Å². The van der Waals surface area contributed by atoms with Gasteiger partial charge in [-0.25, -0.2) is 0 Å². The van der Waals surface area contributed by atoms with Crippen LogP contribution in [0.25, 0.3) is 0 Å². The molecule has 1 aromatic carbocycles. The molecule has 1 atom stereocenters. The molecule has 0 spiro atoms. The zero-order chi connectivity index (χ0) is 10.0. The van der Waals surface area contributed by atoms with E-state index in [2.05, 4.69) is 0 Å². The van der Waals surface area contributed by atoms with Gasteiger partial charge in [0.25, 0.3) is 0 Å². The fraction of sp³-hybridized carbons (Fsp3) is 0.250. The van der Waals surface area contributed by atoms with E-state index in [9.17, 15) is 0 Å². The summed E-state index contributed by atoms with van der Waals surface area (Å²) in [6.07, 6.45) is -0.962. The maximum atomic E-state index is 8.95. The molecule has 0 saturated heterocycles. The highest BCUT2D eigenvalue weighted by atomic mass is 35.5. The van der Waals surface area contributed by atoms with Crippen LogP contribution in [0.3, 0.4) is 0 Å². The summed E-state index contributed by atoms with van der Waals surface area (Å²) < 4.78 is 4.96. The number of aliphatic hydroxyl groups is 1. The Kier molecular flexibility index (Phi) is 3.68. The minimum atomic E-state index is -0.962. The van der Waals surface area contributed by atoms with E-state index in [-0.39, 0.29) is 15.8 Å². The third kappa shape index (κ3) is 2.92. The molecule has 0 fully saturated rings. The van der Waals surface area contributed by atoms with E-state index in [4.69, 9.17) is 44.6 Å². The molecule has 0 aliphatic rings. The second-order valence-corrected chi connectivity index (χ2v) is 3.67. The van der Waals surface area contributed by atoms with Gasteiger partial charge in [-0.3, -0.25) is 0 Å². The second kappa shape index (κ2) is 4.38. The fourth-order valence-electron chi connectivity index (χ4n) is 0.812. The summed E-state index contributed by atoms with van der Waals surface area (Å²) in [5.41, 5.74) is 0. The van der Waals surface area contributed by atoms with Crippen LogP contribution in [0.1, 0.15) is 6.92 Å². The summed E-state index contributed by atoms with van der Waals surface area (Å²) in [6.45, 7) is 1.46. The normalized spacial score (nSPS) is 12.7. The van der Waals surface area contributed by atoms with Gasteiger partial charge in [0.1, 0.15) is 0 Å². The van der Waals surface area contributed by atoms with Gasteiger partial charge < -0.3 is 9.84 Å². The van der Waals surface area contributed by atoms with E-state index < -0.39 is 6.29 Å². The van der Waals surface area contributed by atoms with E-state index in [1.807, 2.05) is 0 Å². The van der Waals surface area contributed by atoms with E-state index in [0.717, 1.165) is 0 Å². The molecule has 13 heavy (non-hydrogen) atoms. The Balaban J connectivity index is 3.06. The Morgan fingerprint density at radius 2 is 1.69 bits per heavy atom. The van der Waals surface area contributed by atoms with Crippen LogP contribution >= 0.6 is 34.8 Å². The smallest absolute Gasteiger partial charge is 0.194 e. The highest BCUT2D eigenvalue weighted by Gasteiger charge is 2.10. The minimum absolute atomic E-state index is 0.239. The lowest BCUT2D eigenvalue weighted by molar-refractivity contribution is -0.000154. The maximum Gasteiger partial charge on any atom is 0.194 e. The molecule has 1 N–H and O–H groups in total. The zero-order valence-electron chi connectivity index (χ0n) is 6.72. The highest BCUT2D eigenvalue weighted by molar-refractivity contribution is 6.40. The SMILES string of the molecule is CC(O)Oc1c(Cl)cc(Cl)cc1Cl. The van der Waals surface area contributed by atoms with Gasteiger partial charge >= 0.3 is 0 Å². The lowest BCUT2D eigenvalue weighted by Crippen LogP contribution is -2.10. The molecular weight excluding hydrogens is 234 g/mol. The second-order valence-electron chi connectivity index (χ2n) is 2.42. The van der Waals surface area contributed by atoms with Crippen LogP contribution < -0.4 is 4.74 Å². The van der Waals surface area contributed by atoms with Crippen molar-refractivity contribution in [1.82, 2.24) is 0 Å². The number of halogens is 3. The molecule has 0 bridgehead atoms.